The van der Waals surface area contributed by atoms with Gasteiger partial charge in [0.05, 0.1) is 18.5 Å². The van der Waals surface area contributed by atoms with Gasteiger partial charge in [0.15, 0.2) is 5.69 Å². The highest BCUT2D eigenvalue weighted by Crippen LogP contribution is 2.20. The number of furan rings is 1. The van der Waals surface area contributed by atoms with Gasteiger partial charge in [-0.25, -0.2) is 0 Å². The zero-order valence-corrected chi connectivity index (χ0v) is 16.6. The summed E-state index contributed by atoms with van der Waals surface area (Å²) in [5.41, 5.74) is 2.72. The van der Waals surface area contributed by atoms with Gasteiger partial charge in [-0.1, -0.05) is 18.2 Å². The van der Waals surface area contributed by atoms with Crippen molar-refractivity contribution >= 4 is 28.4 Å². The van der Waals surface area contributed by atoms with Crippen LogP contribution in [0.4, 0.5) is 5.69 Å². The standard InChI is InChI=1S/C22H23N5O3/c1-2-27-14-19(21(26-27)22(29)24-13-16-6-5-11-30-16)25-20(28)10-9-15-12-23-18-8-4-3-7-17(15)18/h3-8,11-12,14,23H,2,9-10,13H2,1H3,(H,24,29)(H,25,28). The Morgan fingerprint density at radius 3 is 2.87 bits per heavy atom. The lowest BCUT2D eigenvalue weighted by atomic mass is 10.1. The van der Waals surface area contributed by atoms with Crippen molar-refractivity contribution in [1.82, 2.24) is 20.1 Å². The quantitative estimate of drug-likeness (QED) is 0.417. The average molecular weight is 405 g/mol. The van der Waals surface area contributed by atoms with Crippen molar-refractivity contribution in [3.8, 4) is 0 Å². The van der Waals surface area contributed by atoms with Gasteiger partial charge < -0.3 is 20.0 Å². The van der Waals surface area contributed by atoms with E-state index in [0.29, 0.717) is 30.8 Å². The highest BCUT2D eigenvalue weighted by atomic mass is 16.3. The maximum atomic E-state index is 12.6. The maximum Gasteiger partial charge on any atom is 0.274 e. The summed E-state index contributed by atoms with van der Waals surface area (Å²) in [6.45, 7) is 2.75. The molecule has 0 aliphatic carbocycles. The van der Waals surface area contributed by atoms with Crippen molar-refractivity contribution in [2.45, 2.75) is 32.9 Å². The van der Waals surface area contributed by atoms with E-state index in [0.717, 1.165) is 16.5 Å². The number of carbonyl (C=O) groups is 2. The zero-order valence-electron chi connectivity index (χ0n) is 16.6. The van der Waals surface area contributed by atoms with E-state index < -0.39 is 0 Å². The number of aryl methyl sites for hydroxylation is 2. The van der Waals surface area contributed by atoms with Crippen LogP contribution in [-0.2, 0) is 24.3 Å². The van der Waals surface area contributed by atoms with Crippen LogP contribution in [0.5, 0.6) is 0 Å². The molecule has 3 aromatic heterocycles. The predicted molar refractivity (Wildman–Crippen MR) is 113 cm³/mol. The first-order valence-corrected chi connectivity index (χ1v) is 9.87. The Balaban J connectivity index is 1.41. The molecule has 4 aromatic rings. The SMILES string of the molecule is CCn1cc(NC(=O)CCc2c[nH]c3ccccc23)c(C(=O)NCc2ccco2)n1. The molecule has 0 atom stereocenters. The third-order valence-electron chi connectivity index (χ3n) is 4.87. The topological polar surface area (TPSA) is 105 Å². The molecule has 0 saturated heterocycles. The summed E-state index contributed by atoms with van der Waals surface area (Å²) in [4.78, 5) is 28.4. The smallest absolute Gasteiger partial charge is 0.274 e. The van der Waals surface area contributed by atoms with Crippen LogP contribution >= 0.6 is 0 Å². The highest BCUT2D eigenvalue weighted by molar-refractivity contribution is 6.02. The highest BCUT2D eigenvalue weighted by Gasteiger charge is 2.19. The molecule has 2 amide bonds. The number of carbonyl (C=O) groups excluding carboxylic acids is 2. The van der Waals surface area contributed by atoms with E-state index in [-0.39, 0.29) is 24.1 Å². The predicted octanol–water partition coefficient (Wildman–Crippen LogP) is 3.48. The Morgan fingerprint density at radius 1 is 1.20 bits per heavy atom. The van der Waals surface area contributed by atoms with Crippen molar-refractivity contribution < 1.29 is 14.0 Å². The number of hydrogen-bond acceptors (Lipinski definition) is 4. The maximum absolute atomic E-state index is 12.6. The number of benzene rings is 1. The van der Waals surface area contributed by atoms with Gasteiger partial charge in [-0.2, -0.15) is 5.10 Å². The van der Waals surface area contributed by atoms with Gasteiger partial charge in [0.1, 0.15) is 5.76 Å². The third-order valence-corrected chi connectivity index (χ3v) is 4.87. The number of amides is 2. The minimum absolute atomic E-state index is 0.170. The number of aromatic nitrogens is 3. The Labute approximate surface area is 173 Å². The van der Waals surface area contributed by atoms with Gasteiger partial charge >= 0.3 is 0 Å². The van der Waals surface area contributed by atoms with Crippen LogP contribution in [0.2, 0.25) is 0 Å². The van der Waals surface area contributed by atoms with Gasteiger partial charge in [0.25, 0.3) is 5.91 Å². The number of hydrogen-bond donors (Lipinski definition) is 3. The first-order chi connectivity index (χ1) is 14.6. The monoisotopic (exact) mass is 405 g/mol. The zero-order chi connectivity index (χ0) is 20.9. The van der Waals surface area contributed by atoms with Crippen LogP contribution in [-0.4, -0.2) is 26.6 Å². The number of fused-ring (bicyclic) bond motifs is 1. The van der Waals surface area contributed by atoms with Crippen LogP contribution < -0.4 is 10.6 Å². The molecule has 1 aromatic carbocycles. The molecular weight excluding hydrogens is 382 g/mol. The molecule has 0 spiro atoms. The van der Waals surface area contributed by atoms with Crippen LogP contribution in [0.3, 0.4) is 0 Å². The normalized spacial score (nSPS) is 11.0. The largest absolute Gasteiger partial charge is 0.467 e. The second kappa shape index (κ2) is 8.69. The number of rotatable bonds is 8. The van der Waals surface area contributed by atoms with Crippen molar-refractivity contribution in [3.63, 3.8) is 0 Å². The minimum Gasteiger partial charge on any atom is -0.467 e. The molecule has 0 bridgehead atoms. The molecule has 30 heavy (non-hydrogen) atoms. The van der Waals surface area contributed by atoms with E-state index in [4.69, 9.17) is 4.42 Å². The summed E-state index contributed by atoms with van der Waals surface area (Å²) in [5, 5.41) is 11.0. The molecule has 154 valence electrons. The van der Waals surface area contributed by atoms with E-state index in [1.54, 1.807) is 29.3 Å². The first kappa shape index (κ1) is 19.5. The number of nitrogens with zero attached hydrogens (tertiary/aromatic N) is 2. The lowest BCUT2D eigenvalue weighted by molar-refractivity contribution is -0.116. The van der Waals surface area contributed by atoms with Crippen LogP contribution in [0.15, 0.2) is 59.5 Å². The fourth-order valence-electron chi connectivity index (χ4n) is 3.31. The Kier molecular flexibility index (Phi) is 5.65. The molecule has 0 saturated carbocycles. The van der Waals surface area contributed by atoms with Gasteiger partial charge in [0.2, 0.25) is 5.91 Å². The molecule has 8 nitrogen and oxygen atoms in total. The fourth-order valence-corrected chi connectivity index (χ4v) is 3.31. The first-order valence-electron chi connectivity index (χ1n) is 9.87. The van der Waals surface area contributed by atoms with E-state index in [9.17, 15) is 9.59 Å². The van der Waals surface area contributed by atoms with E-state index >= 15 is 0 Å². The summed E-state index contributed by atoms with van der Waals surface area (Å²) in [6.07, 6.45) is 6.04. The van der Waals surface area contributed by atoms with Gasteiger partial charge in [-0.3, -0.25) is 14.3 Å². The number of aromatic amines is 1. The molecule has 3 N–H and O–H groups in total. The molecule has 3 heterocycles. The molecule has 4 rings (SSSR count). The van der Waals surface area contributed by atoms with Gasteiger partial charge in [-0.05, 0) is 37.1 Å². The molecule has 8 heteroatoms. The van der Waals surface area contributed by atoms with Gasteiger partial charge in [0, 0.05) is 36.3 Å². The van der Waals surface area contributed by atoms with Crippen LogP contribution in [0.25, 0.3) is 10.9 Å². The minimum atomic E-state index is -0.370. The second-order valence-electron chi connectivity index (χ2n) is 6.92. The van der Waals surface area contributed by atoms with E-state index in [1.807, 2.05) is 37.4 Å². The van der Waals surface area contributed by atoms with Crippen molar-refractivity contribution in [1.29, 1.82) is 0 Å². The lowest BCUT2D eigenvalue weighted by Crippen LogP contribution is -2.25. The summed E-state index contributed by atoms with van der Waals surface area (Å²) in [7, 11) is 0. The summed E-state index contributed by atoms with van der Waals surface area (Å²) < 4.78 is 6.85. The molecular formula is C22H23N5O3. The number of para-hydroxylation sites is 1. The fraction of sp³-hybridized carbons (Fsp3) is 0.227. The second-order valence-corrected chi connectivity index (χ2v) is 6.92. The van der Waals surface area contributed by atoms with Crippen LogP contribution in [0.1, 0.15) is 35.2 Å². The Hall–Kier alpha value is -3.81. The van der Waals surface area contributed by atoms with Crippen molar-refractivity contribution in [2.75, 3.05) is 5.32 Å². The molecule has 0 radical (unpaired) electrons. The van der Waals surface area contributed by atoms with E-state index in [1.165, 1.54) is 0 Å². The Morgan fingerprint density at radius 2 is 2.07 bits per heavy atom. The molecule has 0 aliphatic heterocycles. The number of anilines is 1. The number of H-pyrrole nitrogens is 1. The third kappa shape index (κ3) is 4.27. The average Bonchev–Trinajstić information content (AvgIpc) is 3.50. The van der Waals surface area contributed by atoms with Crippen LogP contribution in [0, 0.1) is 0 Å². The van der Waals surface area contributed by atoms with Crippen molar-refractivity contribution in [2.24, 2.45) is 0 Å². The van der Waals surface area contributed by atoms with E-state index in [2.05, 4.69) is 20.7 Å². The summed E-state index contributed by atoms with van der Waals surface area (Å²) in [5.74, 6) is 0.101. The molecule has 0 fully saturated rings. The number of nitrogens with one attached hydrogen (secondary N) is 3. The molecule has 0 aliphatic rings. The summed E-state index contributed by atoms with van der Waals surface area (Å²) in [6, 6.07) is 11.5. The lowest BCUT2D eigenvalue weighted by Gasteiger charge is -2.06. The Bertz CT molecular complexity index is 1160. The van der Waals surface area contributed by atoms with Crippen molar-refractivity contribution in [3.05, 3.63) is 72.1 Å². The molecule has 0 unspecified atom stereocenters. The summed E-state index contributed by atoms with van der Waals surface area (Å²) >= 11 is 0. The van der Waals surface area contributed by atoms with Gasteiger partial charge in [-0.15, -0.1) is 0 Å².